The number of pyridine rings is 1. The lowest BCUT2D eigenvalue weighted by atomic mass is 9.94. The van der Waals surface area contributed by atoms with Gasteiger partial charge in [-0.15, -0.1) is 0 Å². The third-order valence-corrected chi connectivity index (χ3v) is 5.87. The molecule has 130 valence electrons. The van der Waals surface area contributed by atoms with Gasteiger partial charge in [-0.2, -0.15) is 0 Å². The van der Waals surface area contributed by atoms with E-state index in [1.54, 1.807) is 6.20 Å². The highest BCUT2D eigenvalue weighted by atomic mass is 32.2. The van der Waals surface area contributed by atoms with Crippen LogP contribution in [0.3, 0.4) is 0 Å². The molecule has 1 aromatic heterocycles. The molecule has 6 heteroatoms. The fourth-order valence-corrected chi connectivity index (χ4v) is 4.16. The van der Waals surface area contributed by atoms with E-state index in [1.807, 2.05) is 18.0 Å². The Morgan fingerprint density at radius 1 is 1.12 bits per heavy atom. The molecular formula is C19H21N3O2S. The molecule has 2 aliphatic heterocycles. The zero-order valence-electron chi connectivity index (χ0n) is 14.2. The maximum atomic E-state index is 12.1. The van der Waals surface area contributed by atoms with Crippen LogP contribution in [0, 0.1) is 0 Å². The average molecular weight is 355 g/mol. The number of amides is 1. The number of anilines is 1. The number of aryl methyl sites for hydroxylation is 1. The third-order valence-electron chi connectivity index (χ3n) is 4.88. The van der Waals surface area contributed by atoms with Gasteiger partial charge in [-0.1, -0.05) is 6.92 Å². The van der Waals surface area contributed by atoms with E-state index in [-0.39, 0.29) is 5.91 Å². The Hall–Kier alpha value is -2.05. The first-order chi connectivity index (χ1) is 12.2. The minimum Gasteiger partial charge on any atom is -0.312 e. The molecule has 4 rings (SSSR count). The van der Waals surface area contributed by atoms with Gasteiger partial charge in [0, 0.05) is 43.2 Å². The molecule has 0 saturated carbocycles. The number of nitrogens with zero attached hydrogens (tertiary/aromatic N) is 2. The van der Waals surface area contributed by atoms with Crippen LogP contribution in [0.15, 0.2) is 30.6 Å². The molecule has 3 heterocycles. The van der Waals surface area contributed by atoms with Crippen LogP contribution in [0.5, 0.6) is 0 Å². The summed E-state index contributed by atoms with van der Waals surface area (Å²) in [6, 6.07) is 6.49. The van der Waals surface area contributed by atoms with Crippen molar-refractivity contribution in [1.29, 1.82) is 0 Å². The van der Waals surface area contributed by atoms with Gasteiger partial charge in [0.1, 0.15) is 0 Å². The quantitative estimate of drug-likeness (QED) is 0.896. The van der Waals surface area contributed by atoms with E-state index in [0.29, 0.717) is 18.7 Å². The van der Waals surface area contributed by atoms with Crippen LogP contribution in [0.2, 0.25) is 0 Å². The monoisotopic (exact) mass is 355 g/mol. The van der Waals surface area contributed by atoms with E-state index >= 15 is 0 Å². The summed E-state index contributed by atoms with van der Waals surface area (Å²) in [6.45, 7) is 3.24. The van der Waals surface area contributed by atoms with Gasteiger partial charge in [0.05, 0.1) is 16.7 Å². The Morgan fingerprint density at radius 2 is 1.92 bits per heavy atom. The summed E-state index contributed by atoms with van der Waals surface area (Å²) < 4.78 is 14.6. The predicted molar refractivity (Wildman–Crippen MR) is 99.6 cm³/mol. The summed E-state index contributed by atoms with van der Waals surface area (Å²) in [5.41, 5.74) is 6.90. The molecule has 25 heavy (non-hydrogen) atoms. The van der Waals surface area contributed by atoms with E-state index in [1.165, 1.54) is 11.1 Å². The van der Waals surface area contributed by atoms with Crippen molar-refractivity contribution in [3.05, 3.63) is 47.3 Å². The molecule has 1 unspecified atom stereocenters. The lowest BCUT2D eigenvalue weighted by Gasteiger charge is -2.25. The van der Waals surface area contributed by atoms with Crippen molar-refractivity contribution in [2.24, 2.45) is 0 Å². The van der Waals surface area contributed by atoms with E-state index in [0.717, 1.165) is 41.8 Å². The third kappa shape index (κ3) is 3.12. The number of rotatable bonds is 5. The molecule has 0 radical (unpaired) electrons. The van der Waals surface area contributed by atoms with E-state index in [2.05, 4.69) is 27.9 Å². The van der Waals surface area contributed by atoms with Gasteiger partial charge >= 0.3 is 0 Å². The van der Waals surface area contributed by atoms with Crippen LogP contribution in [-0.2, 0) is 35.2 Å². The number of hydrogen-bond donors (Lipinski definition) is 1. The molecular weight excluding hydrogens is 334 g/mol. The standard InChI is InChI=1S/C19H21N3O2S/c1-2-25(24)21-11-13-7-17(12-20-10-13)16-8-14-3-4-18(23)22-6-5-15(9-16)19(14)22/h7-10,12,21H,2-6,11H2,1H3. The Balaban J connectivity index is 1.65. The average Bonchev–Trinajstić information content (AvgIpc) is 3.08. The number of nitrogens with one attached hydrogen (secondary N) is 1. The minimum atomic E-state index is -0.999. The largest absolute Gasteiger partial charge is 0.312 e. The van der Waals surface area contributed by atoms with Gasteiger partial charge in [-0.25, -0.2) is 8.93 Å². The molecule has 2 aliphatic rings. The molecule has 1 amide bonds. The lowest BCUT2D eigenvalue weighted by molar-refractivity contribution is -0.118. The van der Waals surface area contributed by atoms with E-state index in [9.17, 15) is 9.00 Å². The van der Waals surface area contributed by atoms with Crippen molar-refractivity contribution in [2.75, 3.05) is 17.2 Å². The lowest BCUT2D eigenvalue weighted by Crippen LogP contribution is -2.32. The molecule has 0 aliphatic carbocycles. The van der Waals surface area contributed by atoms with Crippen molar-refractivity contribution in [3.8, 4) is 11.1 Å². The number of benzene rings is 1. The van der Waals surface area contributed by atoms with Gasteiger partial charge in [0.2, 0.25) is 5.91 Å². The zero-order valence-corrected chi connectivity index (χ0v) is 15.1. The van der Waals surface area contributed by atoms with Crippen LogP contribution < -0.4 is 9.62 Å². The highest BCUT2D eigenvalue weighted by molar-refractivity contribution is 7.82. The van der Waals surface area contributed by atoms with Crippen molar-refractivity contribution in [1.82, 2.24) is 9.71 Å². The fraction of sp³-hybridized carbons (Fsp3) is 0.368. The van der Waals surface area contributed by atoms with Crippen molar-refractivity contribution >= 4 is 22.6 Å². The van der Waals surface area contributed by atoms with Crippen LogP contribution in [-0.4, -0.2) is 27.4 Å². The smallest absolute Gasteiger partial charge is 0.227 e. The van der Waals surface area contributed by atoms with Crippen molar-refractivity contribution < 1.29 is 9.00 Å². The summed E-state index contributed by atoms with van der Waals surface area (Å²) in [6.07, 6.45) is 6.01. The first kappa shape index (κ1) is 16.4. The van der Waals surface area contributed by atoms with Gasteiger partial charge < -0.3 is 4.90 Å². The number of hydrogen-bond acceptors (Lipinski definition) is 3. The SMILES string of the molecule is CCS(=O)NCc1cncc(-c2cc3c4c(c2)CCN4C(=O)CC3)c1. The number of carbonyl (C=O) groups is 1. The molecule has 1 N–H and O–H groups in total. The molecule has 0 bridgehead atoms. The first-order valence-electron chi connectivity index (χ1n) is 8.68. The second-order valence-electron chi connectivity index (χ2n) is 6.48. The Bertz CT molecular complexity index is 866. The Kier molecular flexibility index (Phi) is 4.39. The maximum absolute atomic E-state index is 12.1. The van der Waals surface area contributed by atoms with E-state index in [4.69, 9.17) is 0 Å². The Morgan fingerprint density at radius 3 is 2.72 bits per heavy atom. The predicted octanol–water partition coefficient (Wildman–Crippen LogP) is 2.36. The summed E-state index contributed by atoms with van der Waals surface area (Å²) in [5, 5.41) is 0. The van der Waals surface area contributed by atoms with Gasteiger partial charge in [-0.05, 0) is 53.3 Å². The molecule has 2 aromatic rings. The van der Waals surface area contributed by atoms with Gasteiger partial charge in [0.25, 0.3) is 0 Å². The maximum Gasteiger partial charge on any atom is 0.227 e. The van der Waals surface area contributed by atoms with Crippen LogP contribution in [0.25, 0.3) is 11.1 Å². The summed E-state index contributed by atoms with van der Waals surface area (Å²) in [5.74, 6) is 0.842. The van der Waals surface area contributed by atoms with Crippen LogP contribution in [0.1, 0.15) is 30.0 Å². The van der Waals surface area contributed by atoms with Crippen LogP contribution >= 0.6 is 0 Å². The van der Waals surface area contributed by atoms with Crippen molar-refractivity contribution in [3.63, 3.8) is 0 Å². The molecule has 1 atom stereocenters. The molecule has 0 spiro atoms. The summed E-state index contributed by atoms with van der Waals surface area (Å²) in [7, 11) is -0.999. The topological polar surface area (TPSA) is 62.3 Å². The summed E-state index contributed by atoms with van der Waals surface area (Å²) in [4.78, 5) is 18.3. The number of aromatic nitrogens is 1. The molecule has 0 fully saturated rings. The Labute approximate surface area is 150 Å². The van der Waals surface area contributed by atoms with Crippen LogP contribution in [0.4, 0.5) is 5.69 Å². The molecule has 0 saturated heterocycles. The van der Waals surface area contributed by atoms with Crippen molar-refractivity contribution in [2.45, 2.75) is 32.7 Å². The highest BCUT2D eigenvalue weighted by Gasteiger charge is 2.31. The molecule has 1 aromatic carbocycles. The van der Waals surface area contributed by atoms with Gasteiger partial charge in [-0.3, -0.25) is 9.78 Å². The second-order valence-corrected chi connectivity index (χ2v) is 8.03. The zero-order chi connectivity index (χ0) is 17.4. The minimum absolute atomic E-state index is 0.248. The first-order valence-corrected chi connectivity index (χ1v) is 10.00. The molecule has 5 nitrogen and oxygen atoms in total. The normalized spacial score (nSPS) is 16.8. The number of carbonyl (C=O) groups excluding carboxylic acids is 1. The summed E-state index contributed by atoms with van der Waals surface area (Å²) >= 11 is 0. The van der Waals surface area contributed by atoms with E-state index < -0.39 is 11.0 Å². The highest BCUT2D eigenvalue weighted by Crippen LogP contribution is 2.39. The fourth-order valence-electron chi connectivity index (χ4n) is 3.63. The second kappa shape index (κ2) is 6.69. The van der Waals surface area contributed by atoms with Gasteiger partial charge in [0.15, 0.2) is 0 Å².